The molecular formula is C10H6F4O2. The molecule has 0 radical (unpaired) electrons. The molecule has 1 aromatic rings. The smallest absolute Gasteiger partial charge is 0.417 e. The van der Waals surface area contributed by atoms with Crippen LogP contribution in [0, 0.1) is 5.82 Å². The highest BCUT2D eigenvalue weighted by Gasteiger charge is 2.35. The van der Waals surface area contributed by atoms with Crippen molar-refractivity contribution in [3.63, 3.8) is 0 Å². The fraction of sp³-hybridized carbons (Fsp3) is 0.100. The Morgan fingerprint density at radius 1 is 1.19 bits per heavy atom. The summed E-state index contributed by atoms with van der Waals surface area (Å²) in [6, 6.07) is 3.41. The van der Waals surface area contributed by atoms with Crippen LogP contribution in [0.15, 0.2) is 30.3 Å². The van der Waals surface area contributed by atoms with Crippen LogP contribution in [-0.4, -0.2) is 17.3 Å². The number of carboxylic acids is 1. The number of hydrogen-bond acceptors (Lipinski definition) is 1. The summed E-state index contributed by atoms with van der Waals surface area (Å²) in [6.45, 7) is 0. The standard InChI is InChI=1S/C10H6F4O2/c11-7-3-1-6(2-4-7)8(5-9(15)16)10(12,13)14/h1-5H,(H,15,16). The first kappa shape index (κ1) is 12.2. The lowest BCUT2D eigenvalue weighted by molar-refractivity contribution is -0.131. The zero-order valence-corrected chi connectivity index (χ0v) is 7.75. The first-order chi connectivity index (χ1) is 7.30. The van der Waals surface area contributed by atoms with E-state index >= 15 is 0 Å². The minimum atomic E-state index is -4.80. The monoisotopic (exact) mass is 234 g/mol. The van der Waals surface area contributed by atoms with Crippen molar-refractivity contribution >= 4 is 11.5 Å². The van der Waals surface area contributed by atoms with Crippen molar-refractivity contribution < 1.29 is 27.5 Å². The largest absolute Gasteiger partial charge is 0.478 e. The van der Waals surface area contributed by atoms with E-state index < -0.39 is 29.1 Å². The van der Waals surface area contributed by atoms with Gasteiger partial charge in [-0.25, -0.2) is 9.18 Å². The van der Waals surface area contributed by atoms with Gasteiger partial charge in [0, 0.05) is 6.08 Å². The SMILES string of the molecule is O=C(O)C=C(c1ccc(F)cc1)C(F)(F)F. The first-order valence-electron chi connectivity index (χ1n) is 4.08. The molecule has 0 bridgehead atoms. The Balaban J connectivity index is 3.23. The highest BCUT2D eigenvalue weighted by Crippen LogP contribution is 2.33. The Morgan fingerprint density at radius 2 is 1.69 bits per heavy atom. The molecule has 0 aliphatic heterocycles. The number of rotatable bonds is 2. The predicted molar refractivity (Wildman–Crippen MR) is 48.1 cm³/mol. The fourth-order valence-corrected chi connectivity index (χ4v) is 1.08. The van der Waals surface area contributed by atoms with E-state index in [9.17, 15) is 22.4 Å². The summed E-state index contributed by atoms with van der Waals surface area (Å²) in [5.74, 6) is -2.41. The number of alkyl halides is 3. The highest BCUT2D eigenvalue weighted by atomic mass is 19.4. The molecule has 0 atom stereocenters. The van der Waals surface area contributed by atoms with Crippen LogP contribution in [0.2, 0.25) is 0 Å². The van der Waals surface area contributed by atoms with Crippen molar-refractivity contribution in [3.8, 4) is 0 Å². The van der Waals surface area contributed by atoms with E-state index in [1.54, 1.807) is 0 Å². The molecule has 1 N–H and O–H groups in total. The van der Waals surface area contributed by atoms with Gasteiger partial charge in [0.1, 0.15) is 5.82 Å². The molecule has 6 heteroatoms. The maximum atomic E-state index is 12.5. The van der Waals surface area contributed by atoms with Gasteiger partial charge in [0.25, 0.3) is 0 Å². The Hall–Kier alpha value is -1.85. The number of allylic oxidation sites excluding steroid dienone is 1. The van der Waals surface area contributed by atoms with E-state index in [0.717, 1.165) is 24.3 Å². The van der Waals surface area contributed by atoms with Crippen LogP contribution in [0.5, 0.6) is 0 Å². The van der Waals surface area contributed by atoms with Crippen molar-refractivity contribution in [3.05, 3.63) is 41.7 Å². The molecule has 0 saturated heterocycles. The Morgan fingerprint density at radius 3 is 2.06 bits per heavy atom. The maximum Gasteiger partial charge on any atom is 0.417 e. The van der Waals surface area contributed by atoms with Crippen LogP contribution in [0.25, 0.3) is 5.57 Å². The van der Waals surface area contributed by atoms with Gasteiger partial charge >= 0.3 is 12.1 Å². The molecule has 16 heavy (non-hydrogen) atoms. The molecule has 0 aliphatic rings. The fourth-order valence-electron chi connectivity index (χ4n) is 1.08. The zero-order chi connectivity index (χ0) is 12.3. The molecule has 1 aromatic carbocycles. The van der Waals surface area contributed by atoms with Crippen molar-refractivity contribution in [1.29, 1.82) is 0 Å². The lowest BCUT2D eigenvalue weighted by Crippen LogP contribution is -2.12. The third kappa shape index (κ3) is 3.08. The summed E-state index contributed by atoms with van der Waals surface area (Å²) in [6.07, 6.45) is -4.75. The van der Waals surface area contributed by atoms with E-state index in [2.05, 4.69) is 0 Å². The van der Waals surface area contributed by atoms with E-state index in [4.69, 9.17) is 5.11 Å². The number of carbonyl (C=O) groups is 1. The van der Waals surface area contributed by atoms with Gasteiger partial charge in [0.15, 0.2) is 0 Å². The molecular weight excluding hydrogens is 228 g/mol. The van der Waals surface area contributed by atoms with Gasteiger partial charge in [-0.15, -0.1) is 0 Å². The molecule has 0 aliphatic carbocycles. The topological polar surface area (TPSA) is 37.3 Å². The van der Waals surface area contributed by atoms with E-state index in [1.165, 1.54) is 0 Å². The molecule has 86 valence electrons. The quantitative estimate of drug-likeness (QED) is 0.631. The molecule has 1 rings (SSSR count). The van der Waals surface area contributed by atoms with Gasteiger partial charge in [-0.2, -0.15) is 13.2 Å². The lowest BCUT2D eigenvalue weighted by atomic mass is 10.1. The molecule has 0 saturated carbocycles. The number of halogens is 4. The van der Waals surface area contributed by atoms with Crippen LogP contribution in [0.3, 0.4) is 0 Å². The highest BCUT2D eigenvalue weighted by molar-refractivity contribution is 5.91. The lowest BCUT2D eigenvalue weighted by Gasteiger charge is -2.10. The van der Waals surface area contributed by atoms with Gasteiger partial charge < -0.3 is 5.11 Å². The van der Waals surface area contributed by atoms with Gasteiger partial charge in [0.05, 0.1) is 5.57 Å². The number of hydrogen-bond donors (Lipinski definition) is 1. The van der Waals surface area contributed by atoms with Gasteiger partial charge in [-0.05, 0) is 17.7 Å². The summed E-state index contributed by atoms with van der Waals surface area (Å²) < 4.78 is 49.8. The van der Waals surface area contributed by atoms with Gasteiger partial charge in [-0.3, -0.25) is 0 Å². The van der Waals surface area contributed by atoms with Crippen molar-refractivity contribution in [2.24, 2.45) is 0 Å². The first-order valence-corrected chi connectivity index (χ1v) is 4.08. The Kier molecular flexibility index (Phi) is 3.31. The normalized spacial score (nSPS) is 12.6. The minimum Gasteiger partial charge on any atom is -0.478 e. The molecule has 0 aromatic heterocycles. The predicted octanol–water partition coefficient (Wildman–Crippen LogP) is 2.86. The molecule has 0 amide bonds. The van der Waals surface area contributed by atoms with Crippen LogP contribution in [0.1, 0.15) is 5.56 Å². The van der Waals surface area contributed by atoms with Crippen molar-refractivity contribution in [2.75, 3.05) is 0 Å². The summed E-state index contributed by atoms with van der Waals surface area (Å²) >= 11 is 0. The van der Waals surface area contributed by atoms with Crippen LogP contribution >= 0.6 is 0 Å². The van der Waals surface area contributed by atoms with Crippen LogP contribution < -0.4 is 0 Å². The average molecular weight is 234 g/mol. The average Bonchev–Trinajstić information content (AvgIpc) is 2.14. The number of benzene rings is 1. The number of carboxylic acid groups (broad SMARTS) is 1. The molecule has 2 nitrogen and oxygen atoms in total. The molecule has 0 unspecified atom stereocenters. The van der Waals surface area contributed by atoms with Crippen molar-refractivity contribution in [2.45, 2.75) is 6.18 Å². The molecule has 0 fully saturated rings. The second-order valence-electron chi connectivity index (χ2n) is 2.90. The van der Waals surface area contributed by atoms with Crippen molar-refractivity contribution in [1.82, 2.24) is 0 Å². The van der Waals surface area contributed by atoms with E-state index in [1.807, 2.05) is 0 Å². The molecule has 0 heterocycles. The summed E-state index contributed by atoms with van der Waals surface area (Å²) in [5.41, 5.74) is -1.71. The Labute approximate surface area is 87.8 Å². The van der Waals surface area contributed by atoms with Gasteiger partial charge in [-0.1, -0.05) is 12.1 Å². The second kappa shape index (κ2) is 4.34. The van der Waals surface area contributed by atoms with Crippen LogP contribution in [-0.2, 0) is 4.79 Å². The zero-order valence-electron chi connectivity index (χ0n) is 7.75. The minimum absolute atomic E-state index is 0.0488. The third-order valence-corrected chi connectivity index (χ3v) is 1.73. The van der Waals surface area contributed by atoms with Crippen LogP contribution in [0.4, 0.5) is 17.6 Å². The maximum absolute atomic E-state index is 12.5. The van der Waals surface area contributed by atoms with E-state index in [0.29, 0.717) is 0 Å². The Bertz CT molecular complexity index is 417. The number of aliphatic carboxylic acids is 1. The summed E-state index contributed by atoms with van der Waals surface area (Å²) in [7, 11) is 0. The van der Waals surface area contributed by atoms with E-state index in [-0.39, 0.29) is 6.08 Å². The second-order valence-corrected chi connectivity index (χ2v) is 2.90. The third-order valence-electron chi connectivity index (χ3n) is 1.73. The summed E-state index contributed by atoms with van der Waals surface area (Å²) in [5, 5.41) is 8.31. The summed E-state index contributed by atoms with van der Waals surface area (Å²) in [4.78, 5) is 10.2. The van der Waals surface area contributed by atoms with Gasteiger partial charge in [0.2, 0.25) is 0 Å². The molecule has 0 spiro atoms.